The SMILES string of the molecule is CSc1c(-c2cnc(C)nc2OCC2CC2)ccn(C)c1=O. The lowest BCUT2D eigenvalue weighted by Crippen LogP contribution is -2.18. The number of aryl methyl sites for hydroxylation is 2. The molecule has 2 aromatic rings. The highest BCUT2D eigenvalue weighted by Gasteiger charge is 2.23. The third-order valence-corrected chi connectivity index (χ3v) is 4.55. The van der Waals surface area contributed by atoms with Gasteiger partial charge in [0.25, 0.3) is 5.56 Å². The predicted molar refractivity (Wildman–Crippen MR) is 87.4 cm³/mol. The number of aromatic nitrogens is 3. The fourth-order valence-corrected chi connectivity index (χ4v) is 2.96. The van der Waals surface area contributed by atoms with E-state index in [-0.39, 0.29) is 5.56 Å². The molecule has 5 nitrogen and oxygen atoms in total. The van der Waals surface area contributed by atoms with Gasteiger partial charge >= 0.3 is 0 Å². The van der Waals surface area contributed by atoms with E-state index < -0.39 is 0 Å². The molecule has 0 bridgehead atoms. The van der Waals surface area contributed by atoms with Crippen molar-refractivity contribution in [3.05, 3.63) is 34.6 Å². The summed E-state index contributed by atoms with van der Waals surface area (Å²) in [6, 6.07) is 1.92. The first-order chi connectivity index (χ1) is 10.6. The Bertz CT molecular complexity index is 754. The van der Waals surface area contributed by atoms with Gasteiger partial charge < -0.3 is 9.30 Å². The third kappa shape index (κ3) is 3.02. The van der Waals surface area contributed by atoms with E-state index in [9.17, 15) is 4.79 Å². The minimum absolute atomic E-state index is 0.0151. The molecule has 116 valence electrons. The topological polar surface area (TPSA) is 57.0 Å². The summed E-state index contributed by atoms with van der Waals surface area (Å²) in [5.74, 6) is 1.89. The molecule has 1 fully saturated rings. The minimum Gasteiger partial charge on any atom is -0.477 e. The lowest BCUT2D eigenvalue weighted by Gasteiger charge is -2.13. The Hall–Kier alpha value is -1.82. The van der Waals surface area contributed by atoms with Crippen LogP contribution in [0.3, 0.4) is 0 Å². The van der Waals surface area contributed by atoms with E-state index in [4.69, 9.17) is 4.74 Å². The summed E-state index contributed by atoms with van der Waals surface area (Å²) in [6.07, 6.45) is 7.86. The summed E-state index contributed by atoms with van der Waals surface area (Å²) in [6.45, 7) is 2.52. The van der Waals surface area contributed by atoms with Crippen LogP contribution in [0.15, 0.2) is 28.2 Å². The van der Waals surface area contributed by atoms with Gasteiger partial charge in [-0.05, 0) is 38.0 Å². The molecule has 2 aromatic heterocycles. The molecule has 0 saturated heterocycles. The monoisotopic (exact) mass is 317 g/mol. The third-order valence-electron chi connectivity index (χ3n) is 3.75. The first-order valence-electron chi connectivity index (χ1n) is 7.30. The molecule has 3 rings (SSSR count). The van der Waals surface area contributed by atoms with Crippen molar-refractivity contribution in [2.45, 2.75) is 24.7 Å². The number of thioether (sulfide) groups is 1. The highest BCUT2D eigenvalue weighted by molar-refractivity contribution is 7.98. The Balaban J connectivity index is 2.07. The Morgan fingerprint density at radius 2 is 2.18 bits per heavy atom. The second-order valence-corrected chi connectivity index (χ2v) is 6.39. The number of hydrogen-bond acceptors (Lipinski definition) is 5. The second kappa shape index (κ2) is 6.12. The van der Waals surface area contributed by atoms with Crippen molar-refractivity contribution < 1.29 is 4.74 Å². The molecule has 0 amide bonds. The van der Waals surface area contributed by atoms with Crippen molar-refractivity contribution in [1.29, 1.82) is 0 Å². The predicted octanol–water partition coefficient (Wildman–Crippen LogP) is 2.66. The van der Waals surface area contributed by atoms with Crippen LogP contribution in [0.5, 0.6) is 5.88 Å². The van der Waals surface area contributed by atoms with Crippen molar-refractivity contribution in [1.82, 2.24) is 14.5 Å². The van der Waals surface area contributed by atoms with Crippen LogP contribution < -0.4 is 10.3 Å². The van der Waals surface area contributed by atoms with Gasteiger partial charge in [-0.1, -0.05) is 0 Å². The standard InChI is InChI=1S/C16H19N3O2S/c1-10-17-8-13(15(18-10)21-9-11-4-5-11)12-6-7-19(2)16(20)14(12)22-3/h6-8,11H,4-5,9H2,1-3H3. The van der Waals surface area contributed by atoms with Gasteiger partial charge in [0.2, 0.25) is 5.88 Å². The molecule has 0 aromatic carbocycles. The fourth-order valence-electron chi connectivity index (χ4n) is 2.24. The van der Waals surface area contributed by atoms with Crippen molar-refractivity contribution in [3.8, 4) is 17.0 Å². The molecule has 0 unspecified atom stereocenters. The summed E-state index contributed by atoms with van der Waals surface area (Å²) in [5.41, 5.74) is 1.61. The highest BCUT2D eigenvalue weighted by atomic mass is 32.2. The minimum atomic E-state index is -0.0151. The average Bonchev–Trinajstić information content (AvgIpc) is 3.32. The van der Waals surface area contributed by atoms with Crippen molar-refractivity contribution in [3.63, 3.8) is 0 Å². The molecule has 0 atom stereocenters. The Kier molecular flexibility index (Phi) is 4.20. The molecule has 0 N–H and O–H groups in total. The summed E-state index contributed by atoms with van der Waals surface area (Å²) in [5, 5.41) is 0. The van der Waals surface area contributed by atoms with Crippen LogP contribution in [0.1, 0.15) is 18.7 Å². The van der Waals surface area contributed by atoms with E-state index in [0.29, 0.717) is 29.1 Å². The fraction of sp³-hybridized carbons (Fsp3) is 0.438. The van der Waals surface area contributed by atoms with Gasteiger partial charge in [-0.2, -0.15) is 4.98 Å². The van der Waals surface area contributed by atoms with Crippen LogP contribution in [0.4, 0.5) is 0 Å². The lowest BCUT2D eigenvalue weighted by atomic mass is 10.1. The van der Waals surface area contributed by atoms with Gasteiger partial charge in [0.15, 0.2) is 0 Å². The molecular formula is C16H19N3O2S. The maximum atomic E-state index is 12.3. The van der Waals surface area contributed by atoms with Crippen LogP contribution in [0, 0.1) is 12.8 Å². The number of pyridine rings is 1. The highest BCUT2D eigenvalue weighted by Crippen LogP contribution is 2.35. The van der Waals surface area contributed by atoms with Gasteiger partial charge in [-0.3, -0.25) is 4.79 Å². The van der Waals surface area contributed by atoms with Gasteiger partial charge in [-0.15, -0.1) is 11.8 Å². The summed E-state index contributed by atoms with van der Waals surface area (Å²) < 4.78 is 7.48. The Labute approximate surface area is 133 Å². The maximum Gasteiger partial charge on any atom is 0.264 e. The van der Waals surface area contributed by atoms with Crippen LogP contribution in [-0.4, -0.2) is 27.4 Å². The largest absolute Gasteiger partial charge is 0.477 e. The molecular weight excluding hydrogens is 298 g/mol. The number of nitrogens with zero attached hydrogens (tertiary/aromatic N) is 3. The molecule has 1 aliphatic carbocycles. The molecule has 0 spiro atoms. The number of rotatable bonds is 5. The van der Waals surface area contributed by atoms with E-state index in [2.05, 4.69) is 9.97 Å². The van der Waals surface area contributed by atoms with E-state index >= 15 is 0 Å². The Morgan fingerprint density at radius 1 is 1.41 bits per heavy atom. The van der Waals surface area contributed by atoms with Crippen LogP contribution in [-0.2, 0) is 7.05 Å². The van der Waals surface area contributed by atoms with E-state index in [1.165, 1.54) is 24.6 Å². The van der Waals surface area contributed by atoms with Gasteiger partial charge in [0, 0.05) is 25.0 Å². The van der Waals surface area contributed by atoms with Crippen molar-refractivity contribution >= 4 is 11.8 Å². The zero-order valence-electron chi connectivity index (χ0n) is 13.0. The molecule has 1 saturated carbocycles. The molecule has 22 heavy (non-hydrogen) atoms. The normalized spacial score (nSPS) is 14.1. The molecule has 2 heterocycles. The smallest absolute Gasteiger partial charge is 0.264 e. The van der Waals surface area contributed by atoms with Crippen LogP contribution in [0.25, 0.3) is 11.1 Å². The van der Waals surface area contributed by atoms with Crippen molar-refractivity contribution in [2.24, 2.45) is 13.0 Å². The summed E-state index contributed by atoms with van der Waals surface area (Å²) in [7, 11) is 1.75. The lowest BCUT2D eigenvalue weighted by molar-refractivity contribution is 0.288. The summed E-state index contributed by atoms with van der Waals surface area (Å²) in [4.78, 5) is 21.7. The van der Waals surface area contributed by atoms with E-state index in [1.54, 1.807) is 24.0 Å². The summed E-state index contributed by atoms with van der Waals surface area (Å²) >= 11 is 1.44. The molecule has 0 aliphatic heterocycles. The van der Waals surface area contributed by atoms with Crippen LogP contribution in [0.2, 0.25) is 0 Å². The average molecular weight is 317 g/mol. The quantitative estimate of drug-likeness (QED) is 0.794. The van der Waals surface area contributed by atoms with E-state index in [1.807, 2.05) is 19.2 Å². The number of hydrogen-bond donors (Lipinski definition) is 0. The molecule has 1 aliphatic rings. The van der Waals surface area contributed by atoms with Gasteiger partial charge in [0.05, 0.1) is 17.1 Å². The van der Waals surface area contributed by atoms with Gasteiger partial charge in [0.1, 0.15) is 5.82 Å². The second-order valence-electron chi connectivity index (χ2n) is 5.57. The number of ether oxygens (including phenoxy) is 1. The first-order valence-corrected chi connectivity index (χ1v) is 8.53. The molecule has 6 heteroatoms. The van der Waals surface area contributed by atoms with Crippen LogP contribution >= 0.6 is 11.8 Å². The first kappa shape index (κ1) is 15.1. The van der Waals surface area contributed by atoms with E-state index in [0.717, 1.165) is 11.1 Å². The zero-order chi connectivity index (χ0) is 15.7. The zero-order valence-corrected chi connectivity index (χ0v) is 13.8. The maximum absolute atomic E-state index is 12.3. The Morgan fingerprint density at radius 3 is 2.86 bits per heavy atom. The molecule has 0 radical (unpaired) electrons. The van der Waals surface area contributed by atoms with Gasteiger partial charge in [-0.25, -0.2) is 4.98 Å². The van der Waals surface area contributed by atoms with Crippen molar-refractivity contribution in [2.75, 3.05) is 12.9 Å².